The molecule has 5 unspecified atom stereocenters. The van der Waals surface area contributed by atoms with E-state index in [1.54, 1.807) is 36.4 Å². The van der Waals surface area contributed by atoms with Gasteiger partial charge in [0.2, 0.25) is 0 Å². The fourth-order valence-corrected chi connectivity index (χ4v) is 7.16. The smallest absolute Gasteiger partial charge is 0.269 e. The quantitative estimate of drug-likeness (QED) is 0.0604. The summed E-state index contributed by atoms with van der Waals surface area (Å²) in [5.74, 6) is -1.15. The van der Waals surface area contributed by atoms with Crippen molar-refractivity contribution in [1.82, 2.24) is 0 Å². The number of hydrogen-bond acceptors (Lipinski definition) is 12. The van der Waals surface area contributed by atoms with E-state index < -0.39 is 56.4 Å². The Morgan fingerprint density at radius 2 is 1.18 bits per heavy atom. The van der Waals surface area contributed by atoms with Gasteiger partial charge in [-0.1, -0.05) is 33.1 Å². The van der Waals surface area contributed by atoms with Gasteiger partial charge < -0.3 is 31.3 Å². The average molecular weight is 695 g/mol. The molecular weight excluding hydrogens is 648 g/mol. The van der Waals surface area contributed by atoms with Crippen LogP contribution in [0, 0.1) is 42.2 Å². The number of non-ortho nitro benzene ring substituents is 3. The largest absolute Gasteiger partial charge is 0.394 e. The zero-order valence-electron chi connectivity index (χ0n) is 28.2. The molecular formula is C35H46N6O9. The van der Waals surface area contributed by atoms with Gasteiger partial charge in [-0.15, -0.1) is 0 Å². The van der Waals surface area contributed by atoms with E-state index in [2.05, 4.69) is 16.0 Å². The van der Waals surface area contributed by atoms with Crippen LogP contribution in [0.4, 0.5) is 34.1 Å². The average Bonchev–Trinajstić information content (AvgIpc) is 3.58. The Balaban J connectivity index is 1.66. The molecule has 0 spiro atoms. The van der Waals surface area contributed by atoms with E-state index in [0.29, 0.717) is 49.2 Å². The van der Waals surface area contributed by atoms with Crippen LogP contribution in [-0.2, 0) is 0 Å². The lowest BCUT2D eigenvalue weighted by atomic mass is 9.70. The maximum atomic E-state index is 12.5. The monoisotopic (exact) mass is 694 g/mol. The summed E-state index contributed by atoms with van der Waals surface area (Å²) in [6.07, 6.45) is 2.08. The minimum absolute atomic E-state index is 0.0613. The molecule has 1 fully saturated rings. The Hall–Kier alpha value is -4.86. The van der Waals surface area contributed by atoms with Crippen LogP contribution in [0.1, 0.15) is 58.8 Å². The van der Waals surface area contributed by atoms with Gasteiger partial charge in [0.1, 0.15) is 0 Å². The van der Waals surface area contributed by atoms with Gasteiger partial charge in [-0.25, -0.2) is 0 Å². The highest BCUT2D eigenvalue weighted by Gasteiger charge is 2.49. The number of aliphatic hydroxyl groups excluding tert-OH is 3. The molecule has 3 aromatic carbocycles. The summed E-state index contributed by atoms with van der Waals surface area (Å²) in [4.78, 5) is 32.1. The molecule has 0 heterocycles. The second-order valence-corrected chi connectivity index (χ2v) is 13.2. The first-order chi connectivity index (χ1) is 23.9. The summed E-state index contributed by atoms with van der Waals surface area (Å²) in [7, 11) is 0. The molecule has 1 saturated carbocycles. The first-order valence-corrected chi connectivity index (χ1v) is 16.9. The fourth-order valence-electron chi connectivity index (χ4n) is 7.16. The fraction of sp³-hybridized carbons (Fsp3) is 0.486. The highest BCUT2D eigenvalue weighted by atomic mass is 16.6. The first-order valence-electron chi connectivity index (χ1n) is 16.9. The van der Waals surface area contributed by atoms with Crippen LogP contribution in [0.5, 0.6) is 0 Å². The van der Waals surface area contributed by atoms with Gasteiger partial charge in [-0.3, -0.25) is 30.3 Å². The molecule has 270 valence electrons. The summed E-state index contributed by atoms with van der Waals surface area (Å²) < 4.78 is 0. The van der Waals surface area contributed by atoms with E-state index in [4.69, 9.17) is 0 Å². The molecule has 3 aromatic rings. The summed E-state index contributed by atoms with van der Waals surface area (Å²) >= 11 is 0. The molecule has 1 aliphatic carbocycles. The van der Waals surface area contributed by atoms with Crippen molar-refractivity contribution in [3.8, 4) is 0 Å². The van der Waals surface area contributed by atoms with Gasteiger partial charge in [0, 0.05) is 65.4 Å². The molecule has 0 amide bonds. The number of hydrogen-bond donors (Lipinski definition) is 6. The van der Waals surface area contributed by atoms with Gasteiger partial charge in [0.05, 0.1) is 45.2 Å². The van der Waals surface area contributed by atoms with Crippen molar-refractivity contribution in [3.05, 3.63) is 103 Å². The van der Waals surface area contributed by atoms with Crippen molar-refractivity contribution in [2.75, 3.05) is 22.6 Å². The minimum Gasteiger partial charge on any atom is -0.394 e. The first kappa shape index (κ1) is 38.0. The lowest BCUT2D eigenvalue weighted by Crippen LogP contribution is -2.57. The number of nitrogens with one attached hydrogen (secondary N) is 3. The summed E-state index contributed by atoms with van der Waals surface area (Å²) in [5.41, 5.74) is 0.660. The van der Waals surface area contributed by atoms with Crippen LogP contribution in [0.3, 0.4) is 0 Å². The molecule has 0 saturated heterocycles. The Bertz CT molecular complexity index is 1570. The molecule has 15 nitrogen and oxygen atoms in total. The van der Waals surface area contributed by atoms with Crippen LogP contribution >= 0.6 is 0 Å². The maximum absolute atomic E-state index is 12.5. The summed E-state index contributed by atoms with van der Waals surface area (Å²) in [6.45, 7) is 3.59. The van der Waals surface area contributed by atoms with Gasteiger partial charge in [0.25, 0.3) is 17.1 Å². The second kappa shape index (κ2) is 17.2. The molecule has 1 aliphatic rings. The van der Waals surface area contributed by atoms with E-state index in [1.165, 1.54) is 36.4 Å². The normalized spacial score (nSPS) is 17.5. The maximum Gasteiger partial charge on any atom is 0.269 e. The Morgan fingerprint density at radius 3 is 1.60 bits per heavy atom. The molecule has 0 radical (unpaired) electrons. The van der Waals surface area contributed by atoms with Crippen molar-refractivity contribution in [2.45, 2.75) is 88.6 Å². The molecule has 0 bridgehead atoms. The Labute approximate surface area is 290 Å². The number of nitro benzene ring substituents is 3. The Morgan fingerprint density at radius 1 is 0.740 bits per heavy atom. The molecule has 0 aromatic heterocycles. The van der Waals surface area contributed by atoms with Gasteiger partial charge in [-0.05, 0) is 68.0 Å². The zero-order valence-corrected chi connectivity index (χ0v) is 28.2. The van der Waals surface area contributed by atoms with Crippen molar-refractivity contribution in [1.29, 1.82) is 0 Å². The van der Waals surface area contributed by atoms with E-state index in [1.807, 2.05) is 13.8 Å². The second-order valence-electron chi connectivity index (χ2n) is 13.2. The van der Waals surface area contributed by atoms with Gasteiger partial charge >= 0.3 is 0 Å². The predicted octanol–water partition coefficient (Wildman–Crippen LogP) is 6.25. The van der Waals surface area contributed by atoms with Crippen LogP contribution in [-0.4, -0.2) is 66.5 Å². The number of anilines is 3. The van der Waals surface area contributed by atoms with E-state index >= 15 is 0 Å². The van der Waals surface area contributed by atoms with Gasteiger partial charge in [-0.2, -0.15) is 0 Å². The molecule has 50 heavy (non-hydrogen) atoms. The molecule has 6 atom stereocenters. The van der Waals surface area contributed by atoms with Gasteiger partial charge in [0.15, 0.2) is 0 Å². The highest BCUT2D eigenvalue weighted by Crippen LogP contribution is 2.43. The SMILES string of the molecule is CCC[C@H](Nc1ccc([N+](=O)[O-])cc1)C(O)C(C(C)CC(CO)Nc1ccc([N+](=O)[O-])cc1)C(O)C1(Nc2ccc([N+](=O)[O-])cc2)CCCC1. The third-order valence-corrected chi connectivity index (χ3v) is 9.72. The predicted molar refractivity (Wildman–Crippen MR) is 190 cm³/mol. The lowest BCUT2D eigenvalue weighted by molar-refractivity contribution is -0.385. The summed E-state index contributed by atoms with van der Waals surface area (Å²) in [5, 5.41) is 78.8. The number of nitrogens with zero attached hydrogens (tertiary/aromatic N) is 3. The van der Waals surface area contributed by atoms with Crippen LogP contribution in [0.15, 0.2) is 72.8 Å². The van der Waals surface area contributed by atoms with E-state index in [0.717, 1.165) is 12.8 Å². The zero-order chi connectivity index (χ0) is 36.4. The van der Waals surface area contributed by atoms with Crippen molar-refractivity contribution < 1.29 is 30.1 Å². The minimum atomic E-state index is -1.12. The third-order valence-electron chi connectivity index (χ3n) is 9.72. The number of rotatable bonds is 19. The molecule has 4 rings (SSSR count). The van der Waals surface area contributed by atoms with Crippen LogP contribution in [0.25, 0.3) is 0 Å². The topological polar surface area (TPSA) is 226 Å². The molecule has 15 heteroatoms. The van der Waals surface area contributed by atoms with Crippen molar-refractivity contribution in [3.63, 3.8) is 0 Å². The highest BCUT2D eigenvalue weighted by molar-refractivity contribution is 5.52. The lowest BCUT2D eigenvalue weighted by Gasteiger charge is -2.46. The number of benzene rings is 3. The summed E-state index contributed by atoms with van der Waals surface area (Å²) in [6, 6.07) is 16.7. The van der Waals surface area contributed by atoms with E-state index in [9.17, 15) is 45.7 Å². The third kappa shape index (κ3) is 9.43. The van der Waals surface area contributed by atoms with Crippen molar-refractivity contribution >= 4 is 34.1 Å². The molecule has 6 N–H and O–H groups in total. The standard InChI is InChI=1S/C35H46N6O9/c1-3-6-31(37-25-9-15-29(16-10-25)40(47)48)33(43)32(23(2)21-27(22-42)36-24-7-13-28(14-8-24)39(45)46)34(44)35(19-4-5-20-35)38-26-11-17-30(18-12-26)41(49)50/h7-18,23,27,31-34,36-38,42-44H,3-6,19-22H2,1-2H3/t23?,27?,31-,32?,33?,34?/m0/s1. The number of aliphatic hydroxyl groups is 3. The van der Waals surface area contributed by atoms with Crippen LogP contribution in [0.2, 0.25) is 0 Å². The molecule has 0 aliphatic heterocycles. The number of nitro groups is 3. The van der Waals surface area contributed by atoms with Crippen LogP contribution < -0.4 is 16.0 Å². The Kier molecular flexibility index (Phi) is 13.0. The van der Waals surface area contributed by atoms with E-state index in [-0.39, 0.29) is 23.7 Å². The van der Waals surface area contributed by atoms with Crippen molar-refractivity contribution in [2.24, 2.45) is 11.8 Å².